The van der Waals surface area contributed by atoms with E-state index in [1.54, 1.807) is 7.11 Å². The lowest BCUT2D eigenvalue weighted by Gasteiger charge is -2.22. The highest BCUT2D eigenvalue weighted by atomic mass is 16.5. The molecule has 0 saturated heterocycles. The van der Waals surface area contributed by atoms with Crippen LogP contribution in [0.3, 0.4) is 0 Å². The molecule has 0 fully saturated rings. The largest absolute Gasteiger partial charge is 0.495 e. The van der Waals surface area contributed by atoms with E-state index in [4.69, 9.17) is 4.74 Å². The maximum atomic E-state index is 5.36. The standard InChI is InChI=1S/C14H25N3O/c1-16(2)11-9-15-10-12-17(3)13-7-5-6-8-14(13)18-4/h5-8,15H,9-12H2,1-4H3. The van der Waals surface area contributed by atoms with Crippen molar-refractivity contribution in [3.05, 3.63) is 24.3 Å². The minimum absolute atomic E-state index is 0.924. The fourth-order valence-corrected chi connectivity index (χ4v) is 1.74. The van der Waals surface area contributed by atoms with Gasteiger partial charge in [-0.05, 0) is 26.2 Å². The molecule has 1 aromatic carbocycles. The van der Waals surface area contributed by atoms with Gasteiger partial charge in [0, 0.05) is 33.2 Å². The Morgan fingerprint density at radius 2 is 1.72 bits per heavy atom. The lowest BCUT2D eigenvalue weighted by molar-refractivity contribution is 0.400. The molecule has 0 aromatic heterocycles. The van der Waals surface area contributed by atoms with E-state index in [0.717, 1.165) is 37.6 Å². The number of nitrogens with zero attached hydrogens (tertiary/aromatic N) is 2. The normalized spacial score (nSPS) is 10.7. The lowest BCUT2D eigenvalue weighted by Crippen LogP contribution is -2.33. The quantitative estimate of drug-likeness (QED) is 0.705. The summed E-state index contributed by atoms with van der Waals surface area (Å²) in [5.74, 6) is 0.924. The molecule has 0 unspecified atom stereocenters. The van der Waals surface area contributed by atoms with Gasteiger partial charge in [-0.1, -0.05) is 12.1 Å². The third kappa shape index (κ3) is 4.94. The predicted octanol–water partition coefficient (Wildman–Crippen LogP) is 1.28. The lowest BCUT2D eigenvalue weighted by atomic mass is 10.2. The predicted molar refractivity (Wildman–Crippen MR) is 77.7 cm³/mol. The first-order valence-electron chi connectivity index (χ1n) is 6.34. The van der Waals surface area contributed by atoms with Crippen LogP contribution >= 0.6 is 0 Å². The summed E-state index contributed by atoms with van der Waals surface area (Å²) in [6.07, 6.45) is 0. The third-order valence-corrected chi connectivity index (χ3v) is 2.86. The van der Waals surface area contributed by atoms with Crippen LogP contribution in [0.1, 0.15) is 0 Å². The van der Waals surface area contributed by atoms with Crippen molar-refractivity contribution in [1.82, 2.24) is 10.2 Å². The molecule has 0 heterocycles. The number of hydrogen-bond acceptors (Lipinski definition) is 4. The fraction of sp³-hybridized carbons (Fsp3) is 0.571. The summed E-state index contributed by atoms with van der Waals surface area (Å²) < 4.78 is 5.36. The smallest absolute Gasteiger partial charge is 0.142 e. The van der Waals surface area contributed by atoms with Gasteiger partial charge in [-0.3, -0.25) is 0 Å². The van der Waals surface area contributed by atoms with E-state index < -0.39 is 0 Å². The average molecular weight is 251 g/mol. The van der Waals surface area contributed by atoms with Crippen LogP contribution in [-0.2, 0) is 0 Å². The van der Waals surface area contributed by atoms with Crippen LogP contribution in [0.2, 0.25) is 0 Å². The van der Waals surface area contributed by atoms with E-state index in [0.29, 0.717) is 0 Å². The van der Waals surface area contributed by atoms with Gasteiger partial charge in [0.1, 0.15) is 5.75 Å². The van der Waals surface area contributed by atoms with Gasteiger partial charge in [-0.2, -0.15) is 0 Å². The number of para-hydroxylation sites is 2. The summed E-state index contributed by atoms with van der Waals surface area (Å²) in [4.78, 5) is 4.39. The summed E-state index contributed by atoms with van der Waals surface area (Å²) in [5.41, 5.74) is 1.13. The molecular weight excluding hydrogens is 226 g/mol. The first-order valence-corrected chi connectivity index (χ1v) is 6.34. The van der Waals surface area contributed by atoms with Crippen LogP contribution < -0.4 is 15.0 Å². The highest BCUT2D eigenvalue weighted by Gasteiger charge is 2.06. The fourth-order valence-electron chi connectivity index (χ4n) is 1.74. The Hall–Kier alpha value is -1.26. The number of nitrogens with one attached hydrogen (secondary N) is 1. The van der Waals surface area contributed by atoms with Crippen LogP contribution in [0.4, 0.5) is 5.69 Å². The maximum Gasteiger partial charge on any atom is 0.142 e. The number of ether oxygens (including phenoxy) is 1. The molecule has 0 radical (unpaired) electrons. The number of rotatable bonds is 8. The van der Waals surface area contributed by atoms with Crippen LogP contribution in [0.15, 0.2) is 24.3 Å². The zero-order chi connectivity index (χ0) is 13.4. The van der Waals surface area contributed by atoms with Gasteiger partial charge >= 0.3 is 0 Å². The van der Waals surface area contributed by atoms with Crippen molar-refractivity contribution >= 4 is 5.69 Å². The molecule has 0 atom stereocenters. The second kappa shape index (κ2) is 7.95. The Bertz CT molecular complexity index is 342. The van der Waals surface area contributed by atoms with E-state index in [1.807, 2.05) is 18.2 Å². The molecule has 0 aliphatic heterocycles. The van der Waals surface area contributed by atoms with Gasteiger partial charge in [0.15, 0.2) is 0 Å². The number of hydrogen-bond donors (Lipinski definition) is 1. The summed E-state index contributed by atoms with van der Waals surface area (Å²) in [6.45, 7) is 4.03. The second-order valence-electron chi connectivity index (χ2n) is 4.65. The molecule has 1 aromatic rings. The molecule has 0 amide bonds. The molecule has 4 nitrogen and oxygen atoms in total. The molecule has 0 bridgehead atoms. The first kappa shape index (κ1) is 14.8. The molecule has 102 valence electrons. The van der Waals surface area contributed by atoms with E-state index in [9.17, 15) is 0 Å². The van der Waals surface area contributed by atoms with Gasteiger partial charge in [-0.25, -0.2) is 0 Å². The minimum atomic E-state index is 0.924. The van der Waals surface area contributed by atoms with Gasteiger partial charge in [0.25, 0.3) is 0 Å². The van der Waals surface area contributed by atoms with Crippen LogP contribution in [0, 0.1) is 0 Å². The number of anilines is 1. The number of benzene rings is 1. The van der Waals surface area contributed by atoms with Crippen molar-refractivity contribution in [1.29, 1.82) is 0 Å². The minimum Gasteiger partial charge on any atom is -0.495 e. The Morgan fingerprint density at radius 1 is 1.06 bits per heavy atom. The van der Waals surface area contributed by atoms with Crippen molar-refractivity contribution in [2.24, 2.45) is 0 Å². The molecule has 0 saturated carbocycles. The van der Waals surface area contributed by atoms with Crippen LogP contribution in [0.5, 0.6) is 5.75 Å². The molecule has 18 heavy (non-hydrogen) atoms. The third-order valence-electron chi connectivity index (χ3n) is 2.86. The molecular formula is C14H25N3O. The van der Waals surface area contributed by atoms with E-state index in [-0.39, 0.29) is 0 Å². The van der Waals surface area contributed by atoms with E-state index in [1.165, 1.54) is 0 Å². The summed E-state index contributed by atoms with van der Waals surface area (Å²) in [6, 6.07) is 8.10. The molecule has 1 N–H and O–H groups in total. The number of methoxy groups -OCH3 is 1. The monoisotopic (exact) mass is 251 g/mol. The second-order valence-corrected chi connectivity index (χ2v) is 4.65. The van der Waals surface area contributed by atoms with Crippen molar-refractivity contribution in [3.8, 4) is 5.75 Å². The van der Waals surface area contributed by atoms with E-state index >= 15 is 0 Å². The molecule has 1 rings (SSSR count). The maximum absolute atomic E-state index is 5.36. The van der Waals surface area contributed by atoms with Crippen molar-refractivity contribution in [2.75, 3.05) is 59.3 Å². The Kier molecular flexibility index (Phi) is 6.54. The van der Waals surface area contributed by atoms with Crippen molar-refractivity contribution in [2.45, 2.75) is 0 Å². The Labute approximate surface area is 111 Å². The average Bonchev–Trinajstić information content (AvgIpc) is 2.37. The highest BCUT2D eigenvalue weighted by Crippen LogP contribution is 2.25. The zero-order valence-corrected chi connectivity index (χ0v) is 11.9. The van der Waals surface area contributed by atoms with Gasteiger partial charge < -0.3 is 19.9 Å². The van der Waals surface area contributed by atoms with Crippen molar-refractivity contribution in [3.63, 3.8) is 0 Å². The van der Waals surface area contributed by atoms with Crippen LogP contribution in [-0.4, -0.2) is 59.3 Å². The zero-order valence-electron chi connectivity index (χ0n) is 11.9. The van der Waals surface area contributed by atoms with Gasteiger partial charge in [-0.15, -0.1) is 0 Å². The summed E-state index contributed by atoms with van der Waals surface area (Å²) in [5, 5.41) is 3.43. The summed E-state index contributed by atoms with van der Waals surface area (Å²) >= 11 is 0. The Balaban J connectivity index is 2.34. The van der Waals surface area contributed by atoms with Crippen LogP contribution in [0.25, 0.3) is 0 Å². The highest BCUT2D eigenvalue weighted by molar-refractivity contribution is 5.57. The topological polar surface area (TPSA) is 27.7 Å². The molecule has 0 aliphatic rings. The molecule has 0 spiro atoms. The summed E-state index contributed by atoms with van der Waals surface area (Å²) in [7, 11) is 7.97. The van der Waals surface area contributed by atoms with E-state index in [2.05, 4.69) is 42.3 Å². The Morgan fingerprint density at radius 3 is 2.39 bits per heavy atom. The SMILES string of the molecule is COc1ccccc1N(C)CCNCCN(C)C. The van der Waals surface area contributed by atoms with Gasteiger partial charge in [0.05, 0.1) is 12.8 Å². The first-order chi connectivity index (χ1) is 8.65. The number of likely N-dealkylation sites (N-methyl/N-ethyl adjacent to an activating group) is 2. The molecule has 4 heteroatoms. The van der Waals surface area contributed by atoms with Gasteiger partial charge in [0.2, 0.25) is 0 Å². The van der Waals surface area contributed by atoms with Crippen molar-refractivity contribution < 1.29 is 4.74 Å². The molecule has 0 aliphatic carbocycles.